The van der Waals surface area contributed by atoms with E-state index in [2.05, 4.69) is 20.3 Å². The third-order valence-corrected chi connectivity index (χ3v) is 6.17. The molecule has 1 unspecified atom stereocenters. The summed E-state index contributed by atoms with van der Waals surface area (Å²) in [5, 5.41) is 3.17. The van der Waals surface area contributed by atoms with Crippen LogP contribution >= 0.6 is 0 Å². The second-order valence-electron chi connectivity index (χ2n) is 7.52. The minimum atomic E-state index is -3.26. The molecular formula is C18H27FN6O2S. The van der Waals surface area contributed by atoms with E-state index in [1.54, 1.807) is 6.20 Å². The topological polar surface area (TPSA) is 93.0 Å². The molecule has 2 aromatic rings. The van der Waals surface area contributed by atoms with Gasteiger partial charge in [0.2, 0.25) is 16.0 Å². The third kappa shape index (κ3) is 4.67. The predicted molar refractivity (Wildman–Crippen MR) is 106 cm³/mol. The van der Waals surface area contributed by atoms with E-state index in [9.17, 15) is 12.8 Å². The highest BCUT2D eigenvalue weighted by atomic mass is 32.2. The molecule has 0 amide bonds. The largest absolute Gasteiger partial charge is 0.350 e. The van der Waals surface area contributed by atoms with Gasteiger partial charge in [-0.3, -0.25) is 0 Å². The van der Waals surface area contributed by atoms with Crippen molar-refractivity contribution in [1.82, 2.24) is 23.8 Å². The standard InChI is InChI=1S/C18H27FN6O2S/c1-12(2)25-11-16(21-13(25)3)17-15(19)9-20-18(23-17)22-14-7-5-6-8-24(10-14)28(4,26)27/h9,11-12,14H,5-8,10H2,1-4H3,(H,20,22,23). The molecule has 154 valence electrons. The van der Waals surface area contributed by atoms with E-state index in [-0.39, 0.29) is 23.7 Å². The van der Waals surface area contributed by atoms with Crippen molar-refractivity contribution in [3.05, 3.63) is 24.0 Å². The highest BCUT2D eigenvalue weighted by Gasteiger charge is 2.25. The normalized spacial score (nSPS) is 19.0. The summed E-state index contributed by atoms with van der Waals surface area (Å²) in [6.07, 6.45) is 6.63. The second kappa shape index (κ2) is 8.12. The molecule has 1 N–H and O–H groups in total. The van der Waals surface area contributed by atoms with Crippen molar-refractivity contribution in [2.24, 2.45) is 0 Å². The Hall–Kier alpha value is -2.07. The maximum atomic E-state index is 14.4. The van der Waals surface area contributed by atoms with Crippen molar-refractivity contribution in [1.29, 1.82) is 0 Å². The van der Waals surface area contributed by atoms with Gasteiger partial charge in [0, 0.05) is 31.4 Å². The fourth-order valence-corrected chi connectivity index (χ4v) is 4.36. The molecule has 0 aliphatic carbocycles. The summed E-state index contributed by atoms with van der Waals surface area (Å²) in [6, 6.07) is 0.0715. The average molecular weight is 411 g/mol. The van der Waals surface area contributed by atoms with E-state index in [0.29, 0.717) is 18.8 Å². The van der Waals surface area contributed by atoms with Gasteiger partial charge in [-0.15, -0.1) is 0 Å². The van der Waals surface area contributed by atoms with Gasteiger partial charge in [0.15, 0.2) is 5.82 Å². The first kappa shape index (κ1) is 20.7. The SMILES string of the molecule is Cc1nc(-c2nc(NC3CCCCN(S(C)(=O)=O)C3)ncc2F)cn1C(C)C. The number of aromatic nitrogens is 4. The zero-order valence-electron chi connectivity index (χ0n) is 16.7. The Morgan fingerprint density at radius 1 is 1.29 bits per heavy atom. The van der Waals surface area contributed by atoms with Gasteiger partial charge in [-0.25, -0.2) is 32.1 Å². The Bertz CT molecular complexity index is 944. The molecule has 0 bridgehead atoms. The summed E-state index contributed by atoms with van der Waals surface area (Å²) < 4.78 is 41.6. The van der Waals surface area contributed by atoms with Gasteiger partial charge in [0.25, 0.3) is 0 Å². The van der Waals surface area contributed by atoms with Crippen LogP contribution in [0.2, 0.25) is 0 Å². The van der Waals surface area contributed by atoms with Crippen LogP contribution < -0.4 is 5.32 Å². The number of imidazole rings is 1. The van der Waals surface area contributed by atoms with Gasteiger partial charge in [0.1, 0.15) is 17.2 Å². The molecule has 1 fully saturated rings. The monoisotopic (exact) mass is 410 g/mol. The van der Waals surface area contributed by atoms with Crippen molar-refractivity contribution in [2.45, 2.75) is 52.1 Å². The first-order valence-electron chi connectivity index (χ1n) is 9.45. The van der Waals surface area contributed by atoms with Gasteiger partial charge < -0.3 is 9.88 Å². The van der Waals surface area contributed by atoms with Crippen LogP contribution in [0.1, 0.15) is 45.0 Å². The minimum absolute atomic E-state index is 0.133. The molecule has 1 atom stereocenters. The Morgan fingerprint density at radius 2 is 2.04 bits per heavy atom. The number of aryl methyl sites for hydroxylation is 1. The van der Waals surface area contributed by atoms with Crippen LogP contribution in [0, 0.1) is 12.7 Å². The molecule has 3 heterocycles. The fraction of sp³-hybridized carbons (Fsp3) is 0.611. The van der Waals surface area contributed by atoms with Crippen LogP contribution in [0.25, 0.3) is 11.4 Å². The summed E-state index contributed by atoms with van der Waals surface area (Å²) in [5.41, 5.74) is 0.585. The molecule has 1 aliphatic heterocycles. The van der Waals surface area contributed by atoms with Crippen LogP contribution in [0.5, 0.6) is 0 Å². The number of sulfonamides is 1. The van der Waals surface area contributed by atoms with Crippen LogP contribution in [-0.2, 0) is 10.0 Å². The molecule has 0 aromatic carbocycles. The number of nitrogens with one attached hydrogen (secondary N) is 1. The number of hydrogen-bond donors (Lipinski definition) is 1. The second-order valence-corrected chi connectivity index (χ2v) is 9.51. The van der Waals surface area contributed by atoms with E-state index in [1.165, 1.54) is 10.6 Å². The van der Waals surface area contributed by atoms with Crippen molar-refractivity contribution < 1.29 is 12.8 Å². The maximum Gasteiger partial charge on any atom is 0.223 e. The molecule has 0 spiro atoms. The zero-order valence-corrected chi connectivity index (χ0v) is 17.5. The lowest BCUT2D eigenvalue weighted by molar-refractivity contribution is 0.416. The molecule has 2 aromatic heterocycles. The number of hydrogen-bond acceptors (Lipinski definition) is 6. The lowest BCUT2D eigenvalue weighted by Crippen LogP contribution is -2.38. The van der Waals surface area contributed by atoms with E-state index in [1.807, 2.05) is 25.3 Å². The summed E-state index contributed by atoms with van der Waals surface area (Å²) >= 11 is 0. The summed E-state index contributed by atoms with van der Waals surface area (Å²) in [5.74, 6) is 0.510. The minimum Gasteiger partial charge on any atom is -0.350 e. The van der Waals surface area contributed by atoms with Crippen molar-refractivity contribution in [3.8, 4) is 11.4 Å². The highest BCUT2D eigenvalue weighted by Crippen LogP contribution is 2.23. The zero-order chi connectivity index (χ0) is 20.5. The molecule has 0 saturated carbocycles. The van der Waals surface area contributed by atoms with Crippen LogP contribution in [0.3, 0.4) is 0 Å². The van der Waals surface area contributed by atoms with Gasteiger partial charge in [-0.1, -0.05) is 6.42 Å². The molecular weight excluding hydrogens is 383 g/mol. The molecule has 10 heteroatoms. The summed E-state index contributed by atoms with van der Waals surface area (Å²) in [4.78, 5) is 12.8. The van der Waals surface area contributed by atoms with Crippen molar-refractivity contribution in [3.63, 3.8) is 0 Å². The van der Waals surface area contributed by atoms with Crippen LogP contribution in [-0.4, -0.2) is 57.6 Å². The maximum absolute atomic E-state index is 14.4. The predicted octanol–water partition coefficient (Wildman–Crippen LogP) is 2.59. The number of halogens is 1. The lowest BCUT2D eigenvalue weighted by Gasteiger charge is -2.23. The molecule has 1 aliphatic rings. The first-order valence-corrected chi connectivity index (χ1v) is 11.3. The Morgan fingerprint density at radius 3 is 2.68 bits per heavy atom. The van der Waals surface area contributed by atoms with Crippen LogP contribution in [0.15, 0.2) is 12.4 Å². The molecule has 28 heavy (non-hydrogen) atoms. The molecule has 8 nitrogen and oxygen atoms in total. The number of nitrogens with zero attached hydrogens (tertiary/aromatic N) is 5. The van der Waals surface area contributed by atoms with E-state index in [0.717, 1.165) is 31.3 Å². The van der Waals surface area contributed by atoms with Crippen LogP contribution in [0.4, 0.5) is 10.3 Å². The molecule has 3 rings (SSSR count). The molecule has 1 saturated heterocycles. The van der Waals surface area contributed by atoms with Gasteiger partial charge in [-0.05, 0) is 33.6 Å². The number of rotatable bonds is 5. The summed E-state index contributed by atoms with van der Waals surface area (Å²) in [6.45, 7) is 6.78. The third-order valence-electron chi connectivity index (χ3n) is 4.90. The van der Waals surface area contributed by atoms with Crippen molar-refractivity contribution >= 4 is 16.0 Å². The van der Waals surface area contributed by atoms with E-state index >= 15 is 0 Å². The molecule has 0 radical (unpaired) electrons. The van der Waals surface area contributed by atoms with Crippen molar-refractivity contribution in [2.75, 3.05) is 24.7 Å². The number of anilines is 1. The van der Waals surface area contributed by atoms with Gasteiger partial charge in [-0.2, -0.15) is 0 Å². The highest BCUT2D eigenvalue weighted by molar-refractivity contribution is 7.88. The average Bonchev–Trinajstić information content (AvgIpc) is 2.83. The quantitative estimate of drug-likeness (QED) is 0.814. The smallest absolute Gasteiger partial charge is 0.223 e. The summed E-state index contributed by atoms with van der Waals surface area (Å²) in [7, 11) is -3.26. The Labute approximate surface area is 165 Å². The first-order chi connectivity index (χ1) is 13.1. The Balaban J connectivity index is 1.84. The van der Waals surface area contributed by atoms with Gasteiger partial charge in [0.05, 0.1) is 12.5 Å². The lowest BCUT2D eigenvalue weighted by atomic mass is 10.1. The van der Waals surface area contributed by atoms with Gasteiger partial charge >= 0.3 is 0 Å². The van der Waals surface area contributed by atoms with E-state index in [4.69, 9.17) is 0 Å². The fourth-order valence-electron chi connectivity index (χ4n) is 3.45. The Kier molecular flexibility index (Phi) is 5.99. The van der Waals surface area contributed by atoms with E-state index < -0.39 is 15.8 Å².